The summed E-state index contributed by atoms with van der Waals surface area (Å²) in [5.41, 5.74) is 6.81. The van der Waals surface area contributed by atoms with Crippen molar-refractivity contribution in [1.29, 1.82) is 0 Å². The van der Waals surface area contributed by atoms with E-state index in [1.165, 1.54) is 6.92 Å². The summed E-state index contributed by atoms with van der Waals surface area (Å²) >= 11 is 0. The van der Waals surface area contributed by atoms with Gasteiger partial charge in [0.15, 0.2) is 0 Å². The molecule has 0 fully saturated rings. The largest absolute Gasteiger partial charge is 0.349 e. The minimum atomic E-state index is -0.552. The van der Waals surface area contributed by atoms with Crippen LogP contribution in [0, 0.1) is 5.41 Å². The van der Waals surface area contributed by atoms with Crippen LogP contribution in [-0.4, -0.2) is 18.4 Å². The predicted molar refractivity (Wildman–Crippen MR) is 84.8 cm³/mol. The Hall–Kier alpha value is -1.88. The molecule has 5 heteroatoms. The van der Waals surface area contributed by atoms with E-state index in [0.717, 1.165) is 11.3 Å². The van der Waals surface area contributed by atoms with Gasteiger partial charge in [-0.25, -0.2) is 0 Å². The van der Waals surface area contributed by atoms with Gasteiger partial charge in [-0.15, -0.1) is 0 Å². The third-order valence-electron chi connectivity index (χ3n) is 3.83. The summed E-state index contributed by atoms with van der Waals surface area (Å²) in [6.45, 7) is 7.51. The fourth-order valence-electron chi connectivity index (χ4n) is 1.94. The number of benzene rings is 1. The van der Waals surface area contributed by atoms with Crippen LogP contribution >= 0.6 is 0 Å². The number of hydrogen-bond acceptors (Lipinski definition) is 3. The molecule has 0 aliphatic carbocycles. The van der Waals surface area contributed by atoms with E-state index in [0.29, 0.717) is 13.0 Å². The first-order valence-corrected chi connectivity index (χ1v) is 7.21. The topological polar surface area (TPSA) is 84.2 Å². The van der Waals surface area contributed by atoms with Crippen molar-refractivity contribution < 1.29 is 9.59 Å². The average Bonchev–Trinajstić information content (AvgIpc) is 2.45. The number of carbonyl (C=O) groups excluding carboxylic acids is 2. The SMILES string of the molecule is CCC(C)(CN)C(=O)NC(C)c1cccc(NC(C)=O)c1. The number of hydrogen-bond donors (Lipinski definition) is 3. The van der Waals surface area contributed by atoms with Gasteiger partial charge in [-0.1, -0.05) is 19.1 Å². The van der Waals surface area contributed by atoms with Gasteiger partial charge in [0.05, 0.1) is 11.5 Å². The second-order valence-electron chi connectivity index (χ2n) is 5.62. The molecule has 1 rings (SSSR count). The van der Waals surface area contributed by atoms with E-state index < -0.39 is 5.41 Å². The summed E-state index contributed by atoms with van der Waals surface area (Å²) in [4.78, 5) is 23.4. The molecular formula is C16H25N3O2. The first-order valence-electron chi connectivity index (χ1n) is 7.21. The molecule has 116 valence electrons. The second kappa shape index (κ2) is 7.22. The standard InChI is InChI=1S/C16H25N3O2/c1-5-16(4,10-17)15(21)18-11(2)13-7-6-8-14(9-13)19-12(3)20/h6-9,11H,5,10,17H2,1-4H3,(H,18,21)(H,19,20). The van der Waals surface area contributed by atoms with Crippen molar-refractivity contribution in [2.45, 2.75) is 40.2 Å². The lowest BCUT2D eigenvalue weighted by Crippen LogP contribution is -2.44. The quantitative estimate of drug-likeness (QED) is 0.751. The molecule has 4 N–H and O–H groups in total. The molecule has 0 saturated carbocycles. The lowest BCUT2D eigenvalue weighted by atomic mass is 9.86. The predicted octanol–water partition coefficient (Wildman–Crippen LogP) is 2.20. The van der Waals surface area contributed by atoms with Crippen molar-refractivity contribution in [3.63, 3.8) is 0 Å². The van der Waals surface area contributed by atoms with E-state index >= 15 is 0 Å². The van der Waals surface area contributed by atoms with Gasteiger partial charge in [-0.3, -0.25) is 9.59 Å². The van der Waals surface area contributed by atoms with Crippen LogP contribution in [-0.2, 0) is 9.59 Å². The van der Waals surface area contributed by atoms with Crippen LogP contribution in [0.25, 0.3) is 0 Å². The maximum atomic E-state index is 12.3. The van der Waals surface area contributed by atoms with Gasteiger partial charge >= 0.3 is 0 Å². The molecule has 0 heterocycles. The van der Waals surface area contributed by atoms with Crippen molar-refractivity contribution in [1.82, 2.24) is 5.32 Å². The number of carbonyl (C=O) groups is 2. The number of amides is 2. The summed E-state index contributed by atoms with van der Waals surface area (Å²) in [6.07, 6.45) is 0.688. The molecule has 0 aromatic heterocycles. The Labute approximate surface area is 126 Å². The number of nitrogens with two attached hydrogens (primary N) is 1. The van der Waals surface area contributed by atoms with Crippen LogP contribution in [0.3, 0.4) is 0 Å². The summed E-state index contributed by atoms with van der Waals surface area (Å²) in [5.74, 6) is -0.171. The Bertz CT molecular complexity index is 510. The third-order valence-corrected chi connectivity index (χ3v) is 3.83. The molecule has 0 aliphatic rings. The Kier molecular flexibility index (Phi) is 5.90. The van der Waals surface area contributed by atoms with Crippen molar-refractivity contribution >= 4 is 17.5 Å². The second-order valence-corrected chi connectivity index (χ2v) is 5.62. The molecule has 1 aromatic carbocycles. The van der Waals surface area contributed by atoms with E-state index in [2.05, 4.69) is 10.6 Å². The lowest BCUT2D eigenvalue weighted by Gasteiger charge is -2.27. The zero-order valence-electron chi connectivity index (χ0n) is 13.2. The normalized spacial score (nSPS) is 14.9. The van der Waals surface area contributed by atoms with Gasteiger partial charge in [0.25, 0.3) is 0 Å². The maximum Gasteiger partial charge on any atom is 0.227 e. The molecule has 0 bridgehead atoms. The summed E-state index contributed by atoms with van der Waals surface area (Å²) < 4.78 is 0. The molecule has 2 unspecified atom stereocenters. The Balaban J connectivity index is 2.82. The van der Waals surface area contributed by atoms with E-state index in [4.69, 9.17) is 5.73 Å². The van der Waals surface area contributed by atoms with Crippen LogP contribution < -0.4 is 16.4 Å². The molecular weight excluding hydrogens is 266 g/mol. The van der Waals surface area contributed by atoms with Crippen LogP contribution in [0.5, 0.6) is 0 Å². The smallest absolute Gasteiger partial charge is 0.227 e. The zero-order chi connectivity index (χ0) is 16.0. The fourth-order valence-corrected chi connectivity index (χ4v) is 1.94. The molecule has 2 atom stereocenters. The Morgan fingerprint density at radius 3 is 2.57 bits per heavy atom. The van der Waals surface area contributed by atoms with Crippen molar-refractivity contribution in [3.8, 4) is 0 Å². The number of nitrogens with one attached hydrogen (secondary N) is 2. The highest BCUT2D eigenvalue weighted by atomic mass is 16.2. The molecule has 0 spiro atoms. The van der Waals surface area contributed by atoms with E-state index in [1.54, 1.807) is 0 Å². The molecule has 5 nitrogen and oxygen atoms in total. The highest BCUT2D eigenvalue weighted by molar-refractivity contribution is 5.88. The third kappa shape index (κ3) is 4.56. The first kappa shape index (κ1) is 17.2. The Morgan fingerprint density at radius 1 is 1.38 bits per heavy atom. The summed E-state index contributed by atoms with van der Waals surface area (Å²) in [6, 6.07) is 7.30. The van der Waals surface area contributed by atoms with E-state index in [9.17, 15) is 9.59 Å². The summed E-state index contributed by atoms with van der Waals surface area (Å²) in [5, 5.41) is 5.72. The zero-order valence-corrected chi connectivity index (χ0v) is 13.2. The minimum absolute atomic E-state index is 0.0510. The van der Waals surface area contributed by atoms with Crippen molar-refractivity contribution in [2.75, 3.05) is 11.9 Å². The van der Waals surface area contributed by atoms with Gasteiger partial charge in [0, 0.05) is 19.2 Å². The minimum Gasteiger partial charge on any atom is -0.349 e. The van der Waals surface area contributed by atoms with Gasteiger partial charge < -0.3 is 16.4 Å². The highest BCUT2D eigenvalue weighted by Crippen LogP contribution is 2.23. The highest BCUT2D eigenvalue weighted by Gasteiger charge is 2.30. The lowest BCUT2D eigenvalue weighted by molar-refractivity contribution is -0.130. The van der Waals surface area contributed by atoms with Crippen molar-refractivity contribution in [3.05, 3.63) is 29.8 Å². The molecule has 0 radical (unpaired) electrons. The molecule has 21 heavy (non-hydrogen) atoms. The van der Waals surface area contributed by atoms with Gasteiger partial charge in [-0.2, -0.15) is 0 Å². The van der Waals surface area contributed by atoms with E-state index in [1.807, 2.05) is 45.0 Å². The molecule has 2 amide bonds. The van der Waals surface area contributed by atoms with Crippen LogP contribution in [0.4, 0.5) is 5.69 Å². The molecule has 0 aliphatic heterocycles. The van der Waals surface area contributed by atoms with Crippen LogP contribution in [0.2, 0.25) is 0 Å². The van der Waals surface area contributed by atoms with Crippen LogP contribution in [0.15, 0.2) is 24.3 Å². The van der Waals surface area contributed by atoms with Gasteiger partial charge in [0.1, 0.15) is 0 Å². The fraction of sp³-hybridized carbons (Fsp3) is 0.500. The van der Waals surface area contributed by atoms with Crippen LogP contribution in [0.1, 0.15) is 45.7 Å². The Morgan fingerprint density at radius 2 is 2.05 bits per heavy atom. The molecule has 0 saturated heterocycles. The van der Waals surface area contributed by atoms with Gasteiger partial charge in [-0.05, 0) is 38.0 Å². The summed E-state index contributed by atoms with van der Waals surface area (Å²) in [7, 11) is 0. The average molecular weight is 291 g/mol. The monoisotopic (exact) mass is 291 g/mol. The van der Waals surface area contributed by atoms with Gasteiger partial charge in [0.2, 0.25) is 11.8 Å². The maximum absolute atomic E-state index is 12.3. The number of rotatable bonds is 6. The molecule has 1 aromatic rings. The van der Waals surface area contributed by atoms with E-state index in [-0.39, 0.29) is 17.9 Å². The first-order chi connectivity index (χ1) is 9.82. The number of anilines is 1. The van der Waals surface area contributed by atoms with Crippen molar-refractivity contribution in [2.24, 2.45) is 11.1 Å².